The van der Waals surface area contributed by atoms with Crippen molar-refractivity contribution in [3.8, 4) is 17.2 Å². The van der Waals surface area contributed by atoms with Gasteiger partial charge in [0.05, 0.1) is 4.47 Å². The van der Waals surface area contributed by atoms with Gasteiger partial charge >= 0.3 is 0 Å². The second-order valence-electron chi connectivity index (χ2n) is 6.94. The molecule has 1 heterocycles. The molecule has 0 saturated carbocycles. The number of nitrogens with zero attached hydrogens (tertiary/aromatic N) is 1. The van der Waals surface area contributed by atoms with Crippen molar-refractivity contribution in [1.29, 1.82) is 0 Å². The molecule has 0 spiro atoms. The van der Waals surface area contributed by atoms with Crippen molar-refractivity contribution in [2.75, 3.05) is 11.9 Å². The third kappa shape index (κ3) is 4.57. The van der Waals surface area contributed by atoms with Crippen LogP contribution in [0.1, 0.15) is 11.1 Å². The largest absolute Gasteiger partial charge is 0.482 e. The van der Waals surface area contributed by atoms with Crippen LogP contribution in [0.15, 0.2) is 68.0 Å². The highest BCUT2D eigenvalue weighted by molar-refractivity contribution is 9.11. The summed E-state index contributed by atoms with van der Waals surface area (Å²) in [7, 11) is 0. The number of carbonyl (C=O) groups excluding carboxylic acids is 1. The maximum Gasteiger partial charge on any atom is 0.262 e. The number of halogens is 2. The molecule has 1 aromatic heterocycles. The number of amides is 1. The van der Waals surface area contributed by atoms with E-state index in [1.807, 2.05) is 50.2 Å². The van der Waals surface area contributed by atoms with E-state index in [0.29, 0.717) is 28.4 Å². The van der Waals surface area contributed by atoms with Gasteiger partial charge < -0.3 is 14.5 Å². The fraction of sp³-hybridized carbons (Fsp3) is 0.130. The molecule has 0 atom stereocenters. The highest BCUT2D eigenvalue weighted by atomic mass is 79.9. The lowest BCUT2D eigenvalue weighted by Gasteiger charge is -2.12. The van der Waals surface area contributed by atoms with Crippen molar-refractivity contribution in [1.82, 2.24) is 4.98 Å². The van der Waals surface area contributed by atoms with Gasteiger partial charge in [-0.1, -0.05) is 33.6 Å². The Bertz CT molecular complexity index is 1230. The standard InChI is InChI=1S/C23H18Br2N2O3/c1-13-4-3-5-15(8-13)23-27-19-11-17(6-7-20(19)30-23)26-21(28)12-29-22-14(2)9-16(24)10-18(22)25/h3-11H,12H2,1-2H3,(H,26,28). The van der Waals surface area contributed by atoms with Crippen LogP contribution in [0.4, 0.5) is 5.69 Å². The Labute approximate surface area is 190 Å². The van der Waals surface area contributed by atoms with Crippen LogP contribution in [0.25, 0.3) is 22.6 Å². The molecule has 0 aliphatic rings. The van der Waals surface area contributed by atoms with Crippen molar-refractivity contribution in [2.24, 2.45) is 0 Å². The Morgan fingerprint density at radius 3 is 2.70 bits per heavy atom. The smallest absolute Gasteiger partial charge is 0.262 e. The maximum absolute atomic E-state index is 12.4. The van der Waals surface area contributed by atoms with Gasteiger partial charge in [0.1, 0.15) is 11.3 Å². The van der Waals surface area contributed by atoms with Crippen LogP contribution in [0.3, 0.4) is 0 Å². The molecule has 1 amide bonds. The first-order valence-electron chi connectivity index (χ1n) is 9.25. The number of oxazole rings is 1. The van der Waals surface area contributed by atoms with Gasteiger partial charge in [-0.05, 0) is 77.8 Å². The minimum Gasteiger partial charge on any atom is -0.482 e. The fourth-order valence-electron chi connectivity index (χ4n) is 3.11. The van der Waals surface area contributed by atoms with Crippen LogP contribution < -0.4 is 10.1 Å². The zero-order valence-corrected chi connectivity index (χ0v) is 19.5. The average Bonchev–Trinajstić information content (AvgIpc) is 3.10. The van der Waals surface area contributed by atoms with E-state index in [9.17, 15) is 4.79 Å². The lowest BCUT2D eigenvalue weighted by Crippen LogP contribution is -2.20. The molecular weight excluding hydrogens is 512 g/mol. The van der Waals surface area contributed by atoms with Gasteiger partial charge in [-0.2, -0.15) is 0 Å². The van der Waals surface area contributed by atoms with Crippen LogP contribution in [0.2, 0.25) is 0 Å². The van der Waals surface area contributed by atoms with E-state index < -0.39 is 0 Å². The highest BCUT2D eigenvalue weighted by Crippen LogP contribution is 2.32. The maximum atomic E-state index is 12.4. The summed E-state index contributed by atoms with van der Waals surface area (Å²) in [5.41, 5.74) is 4.95. The number of rotatable bonds is 5. The molecular formula is C23H18Br2N2O3. The quantitative estimate of drug-likeness (QED) is 0.314. The van der Waals surface area contributed by atoms with E-state index in [1.165, 1.54) is 0 Å². The number of hydrogen-bond donors (Lipinski definition) is 1. The third-order valence-corrected chi connectivity index (χ3v) is 5.52. The van der Waals surface area contributed by atoms with Crippen molar-refractivity contribution < 1.29 is 13.9 Å². The molecule has 0 aliphatic carbocycles. The second kappa shape index (κ2) is 8.62. The molecule has 4 aromatic rings. The van der Waals surface area contributed by atoms with Gasteiger partial charge in [-0.15, -0.1) is 0 Å². The number of benzene rings is 3. The molecule has 4 rings (SSSR count). The topological polar surface area (TPSA) is 64.4 Å². The Kier molecular flexibility index (Phi) is 5.92. The predicted octanol–water partition coefficient (Wildman–Crippen LogP) is 6.65. The van der Waals surface area contributed by atoms with Crippen LogP contribution in [0.5, 0.6) is 5.75 Å². The number of ether oxygens (including phenoxy) is 1. The highest BCUT2D eigenvalue weighted by Gasteiger charge is 2.12. The zero-order chi connectivity index (χ0) is 21.3. The summed E-state index contributed by atoms with van der Waals surface area (Å²) in [6.07, 6.45) is 0. The van der Waals surface area contributed by atoms with Gasteiger partial charge in [0.25, 0.3) is 5.91 Å². The minimum absolute atomic E-state index is 0.105. The summed E-state index contributed by atoms with van der Waals surface area (Å²) in [6, 6.07) is 17.2. The normalized spacial score (nSPS) is 10.9. The number of carbonyl (C=O) groups is 1. The molecule has 5 nitrogen and oxygen atoms in total. The van der Waals surface area contributed by atoms with Crippen LogP contribution in [-0.2, 0) is 4.79 Å². The Balaban J connectivity index is 1.47. The number of nitrogens with one attached hydrogen (secondary N) is 1. The minimum atomic E-state index is -0.258. The van der Waals surface area contributed by atoms with E-state index in [-0.39, 0.29) is 12.5 Å². The third-order valence-electron chi connectivity index (χ3n) is 4.48. The monoisotopic (exact) mass is 528 g/mol. The van der Waals surface area contributed by atoms with Gasteiger partial charge in [0.15, 0.2) is 12.2 Å². The van der Waals surface area contributed by atoms with E-state index in [2.05, 4.69) is 42.2 Å². The molecule has 1 N–H and O–H groups in total. The molecule has 0 unspecified atom stereocenters. The summed E-state index contributed by atoms with van der Waals surface area (Å²) in [6.45, 7) is 3.84. The van der Waals surface area contributed by atoms with E-state index in [1.54, 1.807) is 18.2 Å². The SMILES string of the molecule is Cc1cccc(-c2nc3cc(NC(=O)COc4c(C)cc(Br)cc4Br)ccc3o2)c1. The lowest BCUT2D eigenvalue weighted by molar-refractivity contribution is -0.118. The van der Waals surface area contributed by atoms with Gasteiger partial charge in [-0.3, -0.25) is 4.79 Å². The lowest BCUT2D eigenvalue weighted by atomic mass is 10.1. The first-order valence-corrected chi connectivity index (χ1v) is 10.8. The van der Waals surface area contributed by atoms with Crippen molar-refractivity contribution in [2.45, 2.75) is 13.8 Å². The average molecular weight is 530 g/mol. The number of hydrogen-bond acceptors (Lipinski definition) is 4. The number of anilines is 1. The molecule has 0 bridgehead atoms. The summed E-state index contributed by atoms with van der Waals surface area (Å²) >= 11 is 6.90. The summed E-state index contributed by atoms with van der Waals surface area (Å²) in [4.78, 5) is 16.9. The summed E-state index contributed by atoms with van der Waals surface area (Å²) < 4.78 is 13.3. The first-order chi connectivity index (χ1) is 14.4. The van der Waals surface area contributed by atoms with E-state index >= 15 is 0 Å². The molecule has 0 fully saturated rings. The first kappa shape index (κ1) is 20.6. The fourth-order valence-corrected chi connectivity index (χ4v) is 4.67. The van der Waals surface area contributed by atoms with E-state index in [4.69, 9.17) is 9.15 Å². The molecule has 0 radical (unpaired) electrons. The summed E-state index contributed by atoms with van der Waals surface area (Å²) in [5.74, 6) is 0.935. The van der Waals surface area contributed by atoms with E-state index in [0.717, 1.165) is 25.6 Å². The zero-order valence-electron chi connectivity index (χ0n) is 16.3. The number of aromatic nitrogens is 1. The second-order valence-corrected chi connectivity index (χ2v) is 8.71. The van der Waals surface area contributed by atoms with Gasteiger partial charge in [-0.25, -0.2) is 4.98 Å². The summed E-state index contributed by atoms with van der Waals surface area (Å²) in [5, 5.41) is 2.84. The molecule has 7 heteroatoms. The van der Waals surface area contributed by atoms with Gasteiger partial charge in [0, 0.05) is 15.7 Å². The van der Waals surface area contributed by atoms with Crippen LogP contribution >= 0.6 is 31.9 Å². The van der Waals surface area contributed by atoms with Crippen molar-refractivity contribution >= 4 is 54.6 Å². The Hall–Kier alpha value is -2.64. The molecule has 152 valence electrons. The van der Waals surface area contributed by atoms with Crippen LogP contribution in [-0.4, -0.2) is 17.5 Å². The number of fused-ring (bicyclic) bond motifs is 1. The van der Waals surface area contributed by atoms with Crippen LogP contribution in [0, 0.1) is 13.8 Å². The molecule has 0 saturated heterocycles. The van der Waals surface area contributed by atoms with Crippen molar-refractivity contribution in [3.63, 3.8) is 0 Å². The Morgan fingerprint density at radius 1 is 1.10 bits per heavy atom. The number of aryl methyl sites for hydroxylation is 2. The predicted molar refractivity (Wildman–Crippen MR) is 125 cm³/mol. The Morgan fingerprint density at radius 2 is 1.93 bits per heavy atom. The molecule has 3 aromatic carbocycles. The van der Waals surface area contributed by atoms with Gasteiger partial charge in [0.2, 0.25) is 5.89 Å². The molecule has 0 aliphatic heterocycles. The van der Waals surface area contributed by atoms with Crippen molar-refractivity contribution in [3.05, 3.63) is 74.7 Å². The molecule has 30 heavy (non-hydrogen) atoms.